The topological polar surface area (TPSA) is 102 Å². The number of hydrogen-bond acceptors (Lipinski definition) is 7. The van der Waals surface area contributed by atoms with Crippen LogP contribution in [0.1, 0.15) is 40.2 Å². The Morgan fingerprint density at radius 2 is 1.83 bits per heavy atom. The third kappa shape index (κ3) is 4.24. The molecule has 0 spiro atoms. The van der Waals surface area contributed by atoms with E-state index in [0.29, 0.717) is 25.6 Å². The van der Waals surface area contributed by atoms with Gasteiger partial charge in [-0.05, 0) is 19.3 Å². The summed E-state index contributed by atoms with van der Waals surface area (Å²) >= 11 is 0.861. The van der Waals surface area contributed by atoms with Crippen molar-refractivity contribution in [2.24, 2.45) is 5.92 Å². The average molecular weight is 340 g/mol. The Morgan fingerprint density at radius 3 is 2.43 bits per heavy atom. The molecule has 9 heteroatoms. The van der Waals surface area contributed by atoms with Crippen LogP contribution in [0.2, 0.25) is 0 Å². The Bertz CT molecular complexity index is 506. The molecule has 2 atom stereocenters. The fraction of sp³-hybridized carbons (Fsp3) is 0.714. The molecule has 2 fully saturated rings. The maximum Gasteiger partial charge on any atom is 0.273 e. The van der Waals surface area contributed by atoms with Gasteiger partial charge >= 0.3 is 0 Å². The van der Waals surface area contributed by atoms with E-state index in [-0.39, 0.29) is 29.3 Å². The maximum absolute atomic E-state index is 12.2. The highest BCUT2D eigenvalue weighted by molar-refractivity contribution is 6.99. The first-order chi connectivity index (χ1) is 11.2. The lowest BCUT2D eigenvalue weighted by atomic mass is 10.1. The molecule has 2 unspecified atom stereocenters. The molecule has 23 heavy (non-hydrogen) atoms. The van der Waals surface area contributed by atoms with E-state index in [4.69, 9.17) is 9.47 Å². The first-order valence-electron chi connectivity index (χ1n) is 7.82. The molecule has 2 saturated heterocycles. The SMILES string of the molecule is O=C(NCC1CCOC1)c1nsnc1C(=O)NCC1CCCO1. The molecular formula is C14H20N4O4S. The maximum atomic E-state index is 12.2. The summed E-state index contributed by atoms with van der Waals surface area (Å²) in [5.74, 6) is -0.432. The van der Waals surface area contributed by atoms with Crippen LogP contribution in [0.3, 0.4) is 0 Å². The Labute approximate surface area is 138 Å². The molecule has 0 saturated carbocycles. The van der Waals surface area contributed by atoms with Crippen LogP contribution in [0.4, 0.5) is 0 Å². The quantitative estimate of drug-likeness (QED) is 0.768. The summed E-state index contributed by atoms with van der Waals surface area (Å²) in [5.41, 5.74) is 0.159. The van der Waals surface area contributed by atoms with Crippen molar-refractivity contribution in [2.75, 3.05) is 32.9 Å². The Kier molecular flexibility index (Phi) is 5.52. The standard InChI is InChI=1S/C14H20N4O4S/c19-13(15-6-9-3-5-21-8-9)11-12(18-23-17-11)14(20)16-7-10-2-1-4-22-10/h9-10H,1-8H2,(H,15,19)(H,16,20). The second kappa shape index (κ2) is 7.80. The number of nitrogens with zero attached hydrogens (tertiary/aromatic N) is 2. The van der Waals surface area contributed by atoms with Gasteiger partial charge in [-0.15, -0.1) is 0 Å². The third-order valence-electron chi connectivity index (χ3n) is 4.01. The molecule has 1 aromatic rings. The van der Waals surface area contributed by atoms with E-state index in [1.54, 1.807) is 0 Å². The Hall–Kier alpha value is -1.58. The van der Waals surface area contributed by atoms with Crippen molar-refractivity contribution in [1.82, 2.24) is 19.4 Å². The van der Waals surface area contributed by atoms with Gasteiger partial charge in [0.05, 0.1) is 24.4 Å². The second-order valence-electron chi connectivity index (χ2n) is 5.75. The number of nitrogens with one attached hydrogen (secondary N) is 2. The van der Waals surface area contributed by atoms with Crippen LogP contribution in [0.25, 0.3) is 0 Å². The normalized spacial score (nSPS) is 23.8. The molecule has 2 amide bonds. The summed E-state index contributed by atoms with van der Waals surface area (Å²) in [7, 11) is 0. The van der Waals surface area contributed by atoms with Crippen molar-refractivity contribution in [1.29, 1.82) is 0 Å². The van der Waals surface area contributed by atoms with Gasteiger partial charge in [-0.3, -0.25) is 9.59 Å². The fourth-order valence-electron chi connectivity index (χ4n) is 2.65. The minimum atomic E-state index is -0.386. The minimum Gasteiger partial charge on any atom is -0.381 e. The molecule has 0 radical (unpaired) electrons. The lowest BCUT2D eigenvalue weighted by molar-refractivity contribution is 0.0844. The molecule has 2 aliphatic heterocycles. The van der Waals surface area contributed by atoms with Crippen molar-refractivity contribution >= 4 is 23.5 Å². The number of amides is 2. The molecule has 1 aromatic heterocycles. The lowest BCUT2D eigenvalue weighted by Gasteiger charge is -2.11. The molecule has 0 aliphatic carbocycles. The van der Waals surface area contributed by atoms with Crippen LogP contribution in [-0.4, -0.2) is 59.6 Å². The number of ether oxygens (including phenoxy) is 2. The van der Waals surface area contributed by atoms with Crippen LogP contribution in [0, 0.1) is 5.92 Å². The largest absolute Gasteiger partial charge is 0.381 e. The van der Waals surface area contributed by atoms with E-state index >= 15 is 0 Å². The highest BCUT2D eigenvalue weighted by Crippen LogP contribution is 2.13. The molecule has 8 nitrogen and oxygen atoms in total. The van der Waals surface area contributed by atoms with Gasteiger partial charge in [0, 0.05) is 32.2 Å². The predicted octanol–water partition coefficient (Wildman–Crippen LogP) is 0.213. The summed E-state index contributed by atoms with van der Waals surface area (Å²) in [6.45, 7) is 3.07. The van der Waals surface area contributed by atoms with E-state index in [9.17, 15) is 9.59 Å². The summed E-state index contributed by atoms with van der Waals surface area (Å²) in [5, 5.41) is 5.56. The van der Waals surface area contributed by atoms with Gasteiger partial charge in [-0.25, -0.2) is 0 Å². The molecule has 0 bridgehead atoms. The minimum absolute atomic E-state index is 0.0465. The summed E-state index contributed by atoms with van der Waals surface area (Å²) in [6, 6.07) is 0. The molecule has 0 aromatic carbocycles. The molecule has 2 N–H and O–H groups in total. The van der Waals surface area contributed by atoms with Gasteiger partial charge in [-0.2, -0.15) is 8.75 Å². The third-order valence-corrected chi connectivity index (χ3v) is 4.54. The monoisotopic (exact) mass is 340 g/mol. The second-order valence-corrected chi connectivity index (χ2v) is 6.27. The number of hydrogen-bond donors (Lipinski definition) is 2. The molecule has 126 valence electrons. The van der Waals surface area contributed by atoms with Crippen LogP contribution < -0.4 is 10.6 Å². The first-order valence-corrected chi connectivity index (χ1v) is 8.55. The van der Waals surface area contributed by atoms with Gasteiger partial charge < -0.3 is 20.1 Å². The van der Waals surface area contributed by atoms with Gasteiger partial charge in [0.2, 0.25) is 0 Å². The molecule has 3 heterocycles. The van der Waals surface area contributed by atoms with Gasteiger partial charge in [0.25, 0.3) is 11.8 Å². The van der Waals surface area contributed by atoms with E-state index in [1.165, 1.54) is 0 Å². The lowest BCUT2D eigenvalue weighted by Crippen LogP contribution is -2.35. The van der Waals surface area contributed by atoms with Crippen molar-refractivity contribution in [3.8, 4) is 0 Å². The first kappa shape index (κ1) is 16.3. The average Bonchev–Trinajstić information content (AvgIpc) is 3.32. The summed E-state index contributed by atoms with van der Waals surface area (Å²) in [6.07, 6.45) is 2.93. The van der Waals surface area contributed by atoms with Crippen molar-refractivity contribution < 1.29 is 19.1 Å². The Balaban J connectivity index is 1.52. The van der Waals surface area contributed by atoms with Crippen molar-refractivity contribution in [3.63, 3.8) is 0 Å². The van der Waals surface area contributed by atoms with E-state index in [2.05, 4.69) is 19.4 Å². The van der Waals surface area contributed by atoms with Crippen LogP contribution in [0.15, 0.2) is 0 Å². The molecule has 2 aliphatic rings. The van der Waals surface area contributed by atoms with E-state index < -0.39 is 0 Å². The highest BCUT2D eigenvalue weighted by atomic mass is 32.1. The van der Waals surface area contributed by atoms with E-state index in [1.807, 2.05) is 0 Å². The van der Waals surface area contributed by atoms with E-state index in [0.717, 1.165) is 44.2 Å². The molecular weight excluding hydrogens is 320 g/mol. The fourth-order valence-corrected chi connectivity index (χ4v) is 3.19. The van der Waals surface area contributed by atoms with Gasteiger partial charge in [0.15, 0.2) is 11.4 Å². The smallest absolute Gasteiger partial charge is 0.273 e. The summed E-state index contributed by atoms with van der Waals surface area (Å²) < 4.78 is 18.6. The number of aromatic nitrogens is 2. The van der Waals surface area contributed by atoms with Gasteiger partial charge in [-0.1, -0.05) is 0 Å². The highest BCUT2D eigenvalue weighted by Gasteiger charge is 2.25. The van der Waals surface area contributed by atoms with Gasteiger partial charge in [0.1, 0.15) is 0 Å². The predicted molar refractivity (Wildman–Crippen MR) is 82.5 cm³/mol. The van der Waals surface area contributed by atoms with Crippen LogP contribution in [-0.2, 0) is 9.47 Å². The van der Waals surface area contributed by atoms with Crippen LogP contribution in [0.5, 0.6) is 0 Å². The zero-order valence-corrected chi connectivity index (χ0v) is 13.6. The van der Waals surface area contributed by atoms with Crippen molar-refractivity contribution in [3.05, 3.63) is 11.4 Å². The van der Waals surface area contributed by atoms with Crippen LogP contribution >= 0.6 is 11.7 Å². The number of carbonyl (C=O) groups is 2. The zero-order valence-electron chi connectivity index (χ0n) is 12.7. The molecule has 3 rings (SSSR count). The Morgan fingerprint density at radius 1 is 1.09 bits per heavy atom. The summed E-state index contributed by atoms with van der Waals surface area (Å²) in [4.78, 5) is 24.4. The van der Waals surface area contributed by atoms with Crippen molar-refractivity contribution in [2.45, 2.75) is 25.4 Å². The number of rotatable bonds is 6. The number of carbonyl (C=O) groups excluding carboxylic acids is 2. The zero-order chi connectivity index (χ0) is 16.1.